The lowest BCUT2D eigenvalue weighted by molar-refractivity contribution is -0.142. The van der Waals surface area contributed by atoms with E-state index in [1.165, 1.54) is 38.5 Å². The van der Waals surface area contributed by atoms with Gasteiger partial charge in [0.25, 0.3) is 0 Å². The molecule has 5 amide bonds. The quantitative estimate of drug-likeness (QED) is 0.0323. The molecule has 0 aromatic heterocycles. The van der Waals surface area contributed by atoms with Crippen molar-refractivity contribution < 1.29 is 62.7 Å². The number of thiol groups is 1. The first-order valence-electron chi connectivity index (χ1n) is 20.2. The lowest BCUT2D eigenvalue weighted by atomic mass is 10.0. The number of carboxylic acid groups (broad SMARTS) is 2. The van der Waals surface area contributed by atoms with E-state index in [1.807, 2.05) is 0 Å². The molecule has 0 aliphatic rings. The van der Waals surface area contributed by atoms with Crippen LogP contribution in [0.5, 0.6) is 0 Å². The summed E-state index contributed by atoms with van der Waals surface area (Å²) in [4.78, 5) is 81.2. The van der Waals surface area contributed by atoms with E-state index in [2.05, 4.69) is 33.9 Å². The van der Waals surface area contributed by atoms with Gasteiger partial charge in [0.2, 0.25) is 29.5 Å². The first-order chi connectivity index (χ1) is 27.5. The van der Waals surface area contributed by atoms with E-state index in [0.29, 0.717) is 6.42 Å². The normalized spacial score (nSPS) is 12.0. The predicted molar refractivity (Wildman–Crippen MR) is 215 cm³/mol. The average molecular weight is 836 g/mol. The molecular formula is C38H69N5O13S. The van der Waals surface area contributed by atoms with Gasteiger partial charge in [-0.15, -0.1) is 0 Å². The molecule has 8 N–H and O–H groups in total. The number of rotatable bonds is 41. The van der Waals surface area contributed by atoms with Crippen LogP contribution in [0.2, 0.25) is 0 Å². The molecule has 0 fully saturated rings. The topological polar surface area (TPSA) is 271 Å². The molecule has 0 aliphatic carbocycles. The third-order valence-electron chi connectivity index (χ3n) is 8.55. The van der Waals surface area contributed by atoms with Crippen LogP contribution in [0.1, 0.15) is 116 Å². The van der Waals surface area contributed by atoms with Crippen molar-refractivity contribution in [1.82, 2.24) is 21.3 Å². The summed E-state index contributed by atoms with van der Waals surface area (Å²) in [7, 11) is 0. The number of nitrogens with two attached hydrogens (primary N) is 1. The Kier molecular flexibility index (Phi) is 35.7. The van der Waals surface area contributed by atoms with Gasteiger partial charge in [0, 0.05) is 38.1 Å². The van der Waals surface area contributed by atoms with Gasteiger partial charge in [-0.25, -0.2) is 4.79 Å². The number of hydrogen-bond acceptors (Lipinski definition) is 12. The number of amides is 5. The molecule has 0 heterocycles. The van der Waals surface area contributed by atoms with Gasteiger partial charge in [0.1, 0.15) is 25.3 Å². The summed E-state index contributed by atoms with van der Waals surface area (Å²) in [5, 5.41) is 28.3. The molecule has 0 aromatic rings. The van der Waals surface area contributed by atoms with Crippen molar-refractivity contribution in [1.29, 1.82) is 0 Å². The molecule has 18 nitrogen and oxygen atoms in total. The van der Waals surface area contributed by atoms with Gasteiger partial charge < -0.3 is 56.2 Å². The second-order valence-electron chi connectivity index (χ2n) is 13.6. The molecule has 0 saturated carbocycles. The second-order valence-corrected chi connectivity index (χ2v) is 13.9. The molecular weight excluding hydrogens is 767 g/mol. The number of carbonyl (C=O) groups is 7. The predicted octanol–water partition coefficient (Wildman–Crippen LogP) is 1.86. The minimum Gasteiger partial charge on any atom is -0.481 e. The van der Waals surface area contributed by atoms with Gasteiger partial charge in [0.15, 0.2) is 0 Å². The van der Waals surface area contributed by atoms with E-state index in [0.717, 1.165) is 44.9 Å². The molecule has 0 spiro atoms. The molecule has 0 saturated heterocycles. The number of hydrogen-bond donors (Lipinski definition) is 8. The van der Waals surface area contributed by atoms with Crippen molar-refractivity contribution in [2.24, 2.45) is 5.73 Å². The van der Waals surface area contributed by atoms with Crippen molar-refractivity contribution in [3.63, 3.8) is 0 Å². The Labute approximate surface area is 342 Å². The molecule has 0 rings (SSSR count). The summed E-state index contributed by atoms with van der Waals surface area (Å²) in [6.07, 6.45) is 15.4. The molecule has 0 aliphatic heterocycles. The highest BCUT2D eigenvalue weighted by molar-refractivity contribution is 7.80. The van der Waals surface area contributed by atoms with Gasteiger partial charge in [-0.1, -0.05) is 77.0 Å². The fourth-order valence-electron chi connectivity index (χ4n) is 5.36. The van der Waals surface area contributed by atoms with Crippen LogP contribution in [0.15, 0.2) is 0 Å². The molecule has 0 bridgehead atoms. The van der Waals surface area contributed by atoms with Crippen LogP contribution >= 0.6 is 12.6 Å². The lowest BCUT2D eigenvalue weighted by Crippen LogP contribution is -2.47. The number of aliphatic carboxylic acids is 2. The standard InChI is InChI=1S/C38H69N5O13S/c39-37(50)31(29-57)43-35(47)28-56-26-24-54-22-20-41-34(46)27-55-25-23-53-21-19-40-32(44)18-17-30(38(51)52)42-33(45)15-13-11-9-7-5-3-1-2-4-6-8-10-12-14-16-36(48)49/h30-31,57H,1-29H2,(H2,39,50)(H,40,44)(H,41,46)(H,42,45)(H,43,47)(H,48,49)(H,51,52)/t30-,31?/m0/s1. The zero-order valence-corrected chi connectivity index (χ0v) is 34.5. The molecule has 0 radical (unpaired) electrons. The van der Waals surface area contributed by atoms with Crippen molar-refractivity contribution in [3.8, 4) is 0 Å². The number of primary amides is 1. The largest absolute Gasteiger partial charge is 0.481 e. The van der Waals surface area contributed by atoms with E-state index in [-0.39, 0.29) is 115 Å². The molecule has 1 unspecified atom stereocenters. The van der Waals surface area contributed by atoms with Crippen molar-refractivity contribution in [2.75, 3.05) is 71.7 Å². The highest BCUT2D eigenvalue weighted by Crippen LogP contribution is 2.14. The number of nitrogens with one attached hydrogen (secondary N) is 4. The fourth-order valence-corrected chi connectivity index (χ4v) is 5.63. The van der Waals surface area contributed by atoms with E-state index in [1.54, 1.807) is 0 Å². The Hall–Kier alpha value is -3.52. The van der Waals surface area contributed by atoms with Crippen LogP contribution in [-0.2, 0) is 52.5 Å². The van der Waals surface area contributed by atoms with Crippen molar-refractivity contribution >= 4 is 54.1 Å². The van der Waals surface area contributed by atoms with Crippen molar-refractivity contribution in [3.05, 3.63) is 0 Å². The number of unbranched alkanes of at least 4 members (excludes halogenated alkanes) is 13. The maximum absolute atomic E-state index is 12.3. The summed E-state index contributed by atoms with van der Waals surface area (Å²) in [5.41, 5.74) is 5.12. The van der Waals surface area contributed by atoms with Crippen LogP contribution in [0.25, 0.3) is 0 Å². The Morgan fingerprint density at radius 2 is 0.912 bits per heavy atom. The molecule has 2 atom stereocenters. The number of carbonyl (C=O) groups excluding carboxylic acids is 5. The molecule has 330 valence electrons. The van der Waals surface area contributed by atoms with Crippen LogP contribution < -0.4 is 27.0 Å². The maximum atomic E-state index is 12.3. The highest BCUT2D eigenvalue weighted by Gasteiger charge is 2.21. The van der Waals surface area contributed by atoms with Gasteiger partial charge in [-0.3, -0.25) is 28.8 Å². The molecule has 57 heavy (non-hydrogen) atoms. The van der Waals surface area contributed by atoms with Gasteiger partial charge in [-0.2, -0.15) is 12.6 Å². The third kappa shape index (κ3) is 36.6. The minimum atomic E-state index is -1.19. The highest BCUT2D eigenvalue weighted by atomic mass is 32.1. The Balaban J connectivity index is 3.69. The van der Waals surface area contributed by atoms with Gasteiger partial charge in [-0.05, 0) is 19.3 Å². The van der Waals surface area contributed by atoms with Gasteiger partial charge in [0.05, 0.1) is 39.6 Å². The summed E-state index contributed by atoms with van der Waals surface area (Å²) in [6, 6.07) is -2.02. The van der Waals surface area contributed by atoms with E-state index in [4.69, 9.17) is 29.8 Å². The van der Waals surface area contributed by atoms with E-state index < -0.39 is 35.8 Å². The third-order valence-corrected chi connectivity index (χ3v) is 8.91. The van der Waals surface area contributed by atoms with Crippen LogP contribution in [0.4, 0.5) is 0 Å². The minimum absolute atomic E-state index is 0.0323. The number of carboxylic acids is 2. The first kappa shape index (κ1) is 53.5. The van der Waals surface area contributed by atoms with E-state index in [9.17, 15) is 38.7 Å². The molecule has 19 heteroatoms. The monoisotopic (exact) mass is 835 g/mol. The summed E-state index contributed by atoms with van der Waals surface area (Å²) in [6.45, 7) is 1.08. The fraction of sp³-hybridized carbons (Fsp3) is 0.816. The zero-order valence-electron chi connectivity index (χ0n) is 33.6. The van der Waals surface area contributed by atoms with Gasteiger partial charge >= 0.3 is 11.9 Å². The summed E-state index contributed by atoms with van der Waals surface area (Å²) < 4.78 is 21.1. The SMILES string of the molecule is NC(=O)C(CS)NC(=O)COCCOCCNC(=O)COCCOCCNC(=O)CC[C@H](NC(=O)CCCCCCCCCCCCCCCCC(=O)O)C(=O)O. The summed E-state index contributed by atoms with van der Waals surface area (Å²) >= 11 is 3.93. The second kappa shape index (κ2) is 38.0. The van der Waals surface area contributed by atoms with Crippen LogP contribution in [0.3, 0.4) is 0 Å². The Bertz CT molecular complexity index is 1130. The number of ether oxygens (including phenoxy) is 4. The van der Waals surface area contributed by atoms with Crippen LogP contribution in [0, 0.1) is 0 Å². The smallest absolute Gasteiger partial charge is 0.326 e. The van der Waals surface area contributed by atoms with Crippen LogP contribution in [-0.4, -0.2) is 135 Å². The first-order valence-corrected chi connectivity index (χ1v) is 20.9. The van der Waals surface area contributed by atoms with E-state index >= 15 is 0 Å². The molecule has 0 aromatic carbocycles. The zero-order chi connectivity index (χ0) is 42.4. The average Bonchev–Trinajstić information content (AvgIpc) is 3.16. The Morgan fingerprint density at radius 3 is 1.37 bits per heavy atom. The lowest BCUT2D eigenvalue weighted by Gasteiger charge is -2.14. The Morgan fingerprint density at radius 1 is 0.491 bits per heavy atom. The maximum Gasteiger partial charge on any atom is 0.326 e. The van der Waals surface area contributed by atoms with Crippen molar-refractivity contribution in [2.45, 2.75) is 128 Å². The summed E-state index contributed by atoms with van der Waals surface area (Å²) in [5.74, 6) is -4.06.